The lowest BCUT2D eigenvalue weighted by atomic mass is 10.2. The van der Waals surface area contributed by atoms with Gasteiger partial charge in [0.1, 0.15) is 9.96 Å². The van der Waals surface area contributed by atoms with Gasteiger partial charge in [0.15, 0.2) is 0 Å². The predicted octanol–water partition coefficient (Wildman–Crippen LogP) is 3.42. The Morgan fingerprint density at radius 2 is 2.04 bits per heavy atom. The summed E-state index contributed by atoms with van der Waals surface area (Å²) in [5.74, 6) is 0.776. The van der Waals surface area contributed by atoms with Gasteiger partial charge in [-0.25, -0.2) is 8.42 Å². The highest BCUT2D eigenvalue weighted by atomic mass is 32.2. The van der Waals surface area contributed by atoms with E-state index in [9.17, 15) is 8.42 Å². The molecule has 3 rings (SSSR count). The Morgan fingerprint density at radius 3 is 2.72 bits per heavy atom. The van der Waals surface area contributed by atoms with E-state index in [2.05, 4.69) is 9.82 Å². The lowest BCUT2D eigenvalue weighted by Crippen LogP contribution is -2.13. The molecule has 0 saturated heterocycles. The minimum Gasteiger partial charge on any atom is -0.497 e. The average molecular weight is 377 g/mol. The first kappa shape index (κ1) is 17.5. The molecule has 0 amide bonds. The Kier molecular flexibility index (Phi) is 4.82. The van der Waals surface area contributed by atoms with E-state index < -0.39 is 10.0 Å². The zero-order valence-electron chi connectivity index (χ0n) is 14.2. The number of thiophene rings is 1. The summed E-state index contributed by atoms with van der Waals surface area (Å²) >= 11 is 1.18. The first-order chi connectivity index (χ1) is 11.9. The van der Waals surface area contributed by atoms with Crippen LogP contribution < -0.4 is 9.46 Å². The fraction of sp³-hybridized carbons (Fsp3) is 0.235. The van der Waals surface area contributed by atoms with Crippen molar-refractivity contribution in [1.29, 1.82) is 0 Å². The van der Waals surface area contributed by atoms with Gasteiger partial charge in [-0.2, -0.15) is 5.10 Å². The number of ether oxygens (including phenoxy) is 1. The SMILES string of the molecule is COc1cccc(Cn2nc(C)c(NS(=O)(=O)c3cccs3)c2C)c1. The molecule has 2 aromatic heterocycles. The molecule has 0 fully saturated rings. The topological polar surface area (TPSA) is 73.2 Å². The molecule has 0 radical (unpaired) electrons. The van der Waals surface area contributed by atoms with E-state index in [0.717, 1.165) is 17.0 Å². The van der Waals surface area contributed by atoms with E-state index in [-0.39, 0.29) is 4.21 Å². The van der Waals surface area contributed by atoms with E-state index in [0.29, 0.717) is 17.9 Å². The molecule has 2 heterocycles. The number of rotatable bonds is 6. The number of nitrogens with zero attached hydrogens (tertiary/aromatic N) is 2. The molecular formula is C17H19N3O3S2. The van der Waals surface area contributed by atoms with Gasteiger partial charge in [0.2, 0.25) is 0 Å². The molecule has 8 heteroatoms. The molecule has 0 unspecified atom stereocenters. The van der Waals surface area contributed by atoms with Crippen LogP contribution in [0.2, 0.25) is 0 Å². The number of sulfonamides is 1. The van der Waals surface area contributed by atoms with E-state index >= 15 is 0 Å². The molecule has 25 heavy (non-hydrogen) atoms. The summed E-state index contributed by atoms with van der Waals surface area (Å²) in [6.45, 7) is 4.18. The lowest BCUT2D eigenvalue weighted by Gasteiger charge is -2.09. The van der Waals surface area contributed by atoms with Gasteiger partial charge in [0.25, 0.3) is 10.0 Å². The van der Waals surface area contributed by atoms with Crippen molar-refractivity contribution >= 4 is 27.0 Å². The number of benzene rings is 1. The Balaban J connectivity index is 1.88. The molecule has 0 aliphatic rings. The van der Waals surface area contributed by atoms with Crippen molar-refractivity contribution in [3.05, 3.63) is 58.7 Å². The van der Waals surface area contributed by atoms with Crippen LogP contribution in [0.1, 0.15) is 17.0 Å². The number of anilines is 1. The molecule has 0 spiro atoms. The highest BCUT2D eigenvalue weighted by Gasteiger charge is 2.20. The third-order valence-corrected chi connectivity index (χ3v) is 6.59. The number of hydrogen-bond donors (Lipinski definition) is 1. The van der Waals surface area contributed by atoms with E-state index in [1.165, 1.54) is 11.3 Å². The van der Waals surface area contributed by atoms with Crippen LogP contribution in [0.15, 0.2) is 46.0 Å². The van der Waals surface area contributed by atoms with Crippen LogP contribution in [0.25, 0.3) is 0 Å². The van der Waals surface area contributed by atoms with Crippen molar-refractivity contribution in [3.8, 4) is 5.75 Å². The molecular weight excluding hydrogens is 358 g/mol. The van der Waals surface area contributed by atoms with Gasteiger partial charge in [0.05, 0.1) is 30.7 Å². The summed E-state index contributed by atoms with van der Waals surface area (Å²) in [5.41, 5.74) is 2.95. The molecule has 3 aromatic rings. The summed E-state index contributed by atoms with van der Waals surface area (Å²) in [4.78, 5) is 0. The van der Waals surface area contributed by atoms with Crippen LogP contribution in [-0.2, 0) is 16.6 Å². The van der Waals surface area contributed by atoms with Crippen molar-refractivity contribution in [2.24, 2.45) is 0 Å². The van der Waals surface area contributed by atoms with Gasteiger partial charge in [-0.3, -0.25) is 9.40 Å². The van der Waals surface area contributed by atoms with Gasteiger partial charge < -0.3 is 4.74 Å². The predicted molar refractivity (Wildman–Crippen MR) is 98.9 cm³/mol. The van der Waals surface area contributed by atoms with Crippen molar-refractivity contribution < 1.29 is 13.2 Å². The van der Waals surface area contributed by atoms with E-state index in [1.807, 2.05) is 31.2 Å². The van der Waals surface area contributed by atoms with Gasteiger partial charge >= 0.3 is 0 Å². The van der Waals surface area contributed by atoms with Crippen LogP contribution in [0.4, 0.5) is 5.69 Å². The highest BCUT2D eigenvalue weighted by Crippen LogP contribution is 2.26. The maximum absolute atomic E-state index is 12.5. The first-order valence-corrected chi connectivity index (χ1v) is 10.0. The fourth-order valence-electron chi connectivity index (χ4n) is 2.54. The smallest absolute Gasteiger partial charge is 0.271 e. The summed E-state index contributed by atoms with van der Waals surface area (Å²) < 4.78 is 34.9. The van der Waals surface area contributed by atoms with Crippen molar-refractivity contribution in [3.63, 3.8) is 0 Å². The third kappa shape index (κ3) is 3.69. The monoisotopic (exact) mass is 377 g/mol. The lowest BCUT2D eigenvalue weighted by molar-refractivity contribution is 0.414. The normalized spacial score (nSPS) is 11.5. The molecule has 0 aliphatic carbocycles. The van der Waals surface area contributed by atoms with E-state index in [4.69, 9.17) is 4.74 Å². The maximum Gasteiger partial charge on any atom is 0.271 e. The van der Waals surface area contributed by atoms with Crippen molar-refractivity contribution in [1.82, 2.24) is 9.78 Å². The molecule has 132 valence electrons. The third-order valence-electron chi connectivity index (χ3n) is 3.84. The molecule has 0 saturated carbocycles. The molecule has 0 aliphatic heterocycles. The molecule has 0 atom stereocenters. The number of methoxy groups -OCH3 is 1. The van der Waals surface area contributed by atoms with Gasteiger partial charge in [-0.15, -0.1) is 11.3 Å². The maximum atomic E-state index is 12.5. The van der Waals surface area contributed by atoms with Crippen LogP contribution in [0.5, 0.6) is 5.75 Å². The molecule has 6 nitrogen and oxygen atoms in total. The molecule has 1 aromatic carbocycles. The van der Waals surface area contributed by atoms with Gasteiger partial charge in [-0.05, 0) is 43.0 Å². The second-order valence-corrected chi connectivity index (χ2v) is 8.45. The van der Waals surface area contributed by atoms with Crippen LogP contribution in [0, 0.1) is 13.8 Å². The average Bonchev–Trinajstić information content (AvgIpc) is 3.21. The number of aromatic nitrogens is 2. The van der Waals surface area contributed by atoms with Crippen molar-refractivity contribution in [2.45, 2.75) is 24.6 Å². The summed E-state index contributed by atoms with van der Waals surface area (Å²) in [7, 11) is -1.97. The molecule has 1 N–H and O–H groups in total. The zero-order valence-corrected chi connectivity index (χ0v) is 15.8. The Labute approximate surface area is 151 Å². The Morgan fingerprint density at radius 1 is 1.24 bits per heavy atom. The number of hydrogen-bond acceptors (Lipinski definition) is 5. The first-order valence-electron chi connectivity index (χ1n) is 7.64. The Bertz CT molecular complexity index is 977. The fourth-order valence-corrected chi connectivity index (χ4v) is 4.71. The van der Waals surface area contributed by atoms with Gasteiger partial charge in [-0.1, -0.05) is 18.2 Å². The van der Waals surface area contributed by atoms with Crippen molar-refractivity contribution in [2.75, 3.05) is 11.8 Å². The minimum absolute atomic E-state index is 0.284. The zero-order chi connectivity index (χ0) is 18.0. The van der Waals surface area contributed by atoms with Crippen LogP contribution in [-0.4, -0.2) is 25.3 Å². The molecule has 0 bridgehead atoms. The largest absolute Gasteiger partial charge is 0.497 e. The summed E-state index contributed by atoms with van der Waals surface area (Å²) in [6.07, 6.45) is 0. The van der Waals surface area contributed by atoms with Gasteiger partial charge in [0, 0.05) is 0 Å². The van der Waals surface area contributed by atoms with Crippen LogP contribution in [0.3, 0.4) is 0 Å². The second-order valence-electron chi connectivity index (χ2n) is 5.59. The van der Waals surface area contributed by atoms with Crippen LogP contribution >= 0.6 is 11.3 Å². The minimum atomic E-state index is -3.59. The quantitative estimate of drug-likeness (QED) is 0.714. The van der Waals surface area contributed by atoms with E-state index in [1.54, 1.807) is 36.2 Å². The number of nitrogens with one attached hydrogen (secondary N) is 1. The highest BCUT2D eigenvalue weighted by molar-refractivity contribution is 7.94. The summed E-state index contributed by atoms with van der Waals surface area (Å²) in [6, 6.07) is 11.0. The standard InChI is InChI=1S/C17H19N3O3S2/c1-12-17(19-25(21,22)16-8-5-9-24-16)13(2)20(18-12)11-14-6-4-7-15(10-14)23-3/h4-10,19H,11H2,1-3H3. The second kappa shape index (κ2) is 6.89. The summed E-state index contributed by atoms with van der Waals surface area (Å²) in [5, 5.41) is 6.22. The Hall–Kier alpha value is -2.32. The number of aryl methyl sites for hydroxylation is 1.